The molecule has 1 aromatic carbocycles. The van der Waals surface area contributed by atoms with E-state index in [0.717, 1.165) is 13.0 Å². The lowest BCUT2D eigenvalue weighted by atomic mass is 10.1. The van der Waals surface area contributed by atoms with E-state index < -0.39 is 5.97 Å². The third kappa shape index (κ3) is 3.43. The smallest absolute Gasteiger partial charge is 0.305 e. The summed E-state index contributed by atoms with van der Waals surface area (Å²) in [4.78, 5) is 14.8. The lowest BCUT2D eigenvalue weighted by Crippen LogP contribution is -2.31. The summed E-state index contributed by atoms with van der Waals surface area (Å²) >= 11 is 0. The van der Waals surface area contributed by atoms with Crippen LogP contribution in [0.5, 0.6) is 0 Å². The minimum Gasteiger partial charge on any atom is -0.481 e. The normalized spacial score (nSPS) is 14.5. The van der Waals surface area contributed by atoms with Gasteiger partial charge in [0.2, 0.25) is 0 Å². The number of carboxylic acid groups (broad SMARTS) is 1. The first-order valence-electron chi connectivity index (χ1n) is 6.21. The molecule has 0 amide bonds. The molecule has 19 heavy (non-hydrogen) atoms. The van der Waals surface area contributed by atoms with Gasteiger partial charge in [0.15, 0.2) is 0 Å². The molecule has 1 heterocycles. The van der Waals surface area contributed by atoms with Crippen molar-refractivity contribution < 1.29 is 14.3 Å². The highest BCUT2D eigenvalue weighted by Gasteiger charge is 2.16. The number of aliphatic imine (C=N–C) groups is 1. The molecule has 1 aliphatic heterocycles. The maximum atomic E-state index is 13.9. The minimum absolute atomic E-state index is 0.0180. The number of hydrogen-bond acceptors (Lipinski definition) is 4. The van der Waals surface area contributed by atoms with Gasteiger partial charge in [-0.2, -0.15) is 0 Å². The van der Waals surface area contributed by atoms with Gasteiger partial charge >= 0.3 is 5.97 Å². The number of hydrogen-bond donors (Lipinski definition) is 3. The fraction of sp³-hybridized carbons (Fsp3) is 0.385. The lowest BCUT2D eigenvalue weighted by Gasteiger charge is -2.18. The zero-order valence-corrected chi connectivity index (χ0v) is 10.4. The second kappa shape index (κ2) is 6.17. The summed E-state index contributed by atoms with van der Waals surface area (Å²) in [5, 5.41) is 14.6. The van der Waals surface area contributed by atoms with Gasteiger partial charge in [-0.25, -0.2) is 4.39 Å². The van der Waals surface area contributed by atoms with Gasteiger partial charge in [0, 0.05) is 25.3 Å². The molecule has 0 spiro atoms. The molecular weight excluding hydrogens is 249 g/mol. The Morgan fingerprint density at radius 1 is 1.53 bits per heavy atom. The molecule has 0 radical (unpaired) electrons. The van der Waals surface area contributed by atoms with Crippen molar-refractivity contribution in [1.82, 2.24) is 5.32 Å². The Hall–Kier alpha value is -2.11. The summed E-state index contributed by atoms with van der Waals surface area (Å²) in [6.07, 6.45) is 0.912. The number of halogens is 1. The molecule has 0 saturated carbocycles. The van der Waals surface area contributed by atoms with Crippen molar-refractivity contribution in [2.24, 2.45) is 4.99 Å². The highest BCUT2D eigenvalue weighted by molar-refractivity contribution is 6.04. The lowest BCUT2D eigenvalue weighted by molar-refractivity contribution is -0.136. The van der Waals surface area contributed by atoms with Crippen LogP contribution in [0.3, 0.4) is 0 Å². The molecule has 3 N–H and O–H groups in total. The molecule has 102 valence electrons. The second-order valence-electron chi connectivity index (χ2n) is 4.24. The van der Waals surface area contributed by atoms with Crippen LogP contribution in [0, 0.1) is 5.82 Å². The van der Waals surface area contributed by atoms with Crippen molar-refractivity contribution in [1.29, 1.82) is 0 Å². The van der Waals surface area contributed by atoms with E-state index in [1.807, 2.05) is 0 Å². The average Bonchev–Trinajstić information content (AvgIpc) is 2.39. The van der Waals surface area contributed by atoms with E-state index in [-0.39, 0.29) is 18.8 Å². The molecule has 0 unspecified atom stereocenters. The molecule has 2 rings (SSSR count). The Balaban J connectivity index is 2.20. The molecule has 0 atom stereocenters. The monoisotopic (exact) mass is 265 g/mol. The van der Waals surface area contributed by atoms with E-state index >= 15 is 0 Å². The van der Waals surface area contributed by atoms with Crippen LogP contribution in [0.4, 0.5) is 10.1 Å². The number of rotatable bonds is 5. The molecular formula is C13H16FN3O2. The third-order valence-corrected chi connectivity index (χ3v) is 2.80. The fourth-order valence-corrected chi connectivity index (χ4v) is 1.92. The van der Waals surface area contributed by atoms with Crippen molar-refractivity contribution in [3.05, 3.63) is 29.6 Å². The number of anilines is 1. The number of aliphatic carboxylic acids is 1. The quantitative estimate of drug-likeness (QED) is 0.753. The van der Waals surface area contributed by atoms with E-state index in [0.29, 0.717) is 23.6 Å². The Bertz CT molecular complexity index is 503. The number of amidine groups is 1. The van der Waals surface area contributed by atoms with Crippen LogP contribution in [0.15, 0.2) is 23.2 Å². The maximum Gasteiger partial charge on any atom is 0.305 e. The summed E-state index contributed by atoms with van der Waals surface area (Å²) in [5.74, 6) is -0.728. The van der Waals surface area contributed by atoms with Gasteiger partial charge in [-0.15, -0.1) is 0 Å². The van der Waals surface area contributed by atoms with Gasteiger partial charge in [-0.3, -0.25) is 9.79 Å². The first-order chi connectivity index (χ1) is 9.18. The molecule has 0 aromatic heterocycles. The van der Waals surface area contributed by atoms with Gasteiger partial charge in [-0.05, 0) is 18.6 Å². The average molecular weight is 265 g/mol. The number of carboxylic acids is 1. The topological polar surface area (TPSA) is 73.7 Å². The molecule has 6 heteroatoms. The molecule has 5 nitrogen and oxygen atoms in total. The van der Waals surface area contributed by atoms with Crippen LogP contribution < -0.4 is 10.6 Å². The SMILES string of the molecule is O=C(O)CCNc1cccc(F)c1C1=NCCCN1. The van der Waals surface area contributed by atoms with Crippen LogP contribution >= 0.6 is 0 Å². The first-order valence-corrected chi connectivity index (χ1v) is 6.21. The van der Waals surface area contributed by atoms with E-state index in [9.17, 15) is 9.18 Å². The zero-order chi connectivity index (χ0) is 13.7. The van der Waals surface area contributed by atoms with Crippen molar-refractivity contribution >= 4 is 17.5 Å². The molecule has 0 fully saturated rings. The summed E-state index contributed by atoms with van der Waals surface area (Å²) in [5.41, 5.74) is 0.946. The van der Waals surface area contributed by atoms with Crippen molar-refractivity contribution in [3.63, 3.8) is 0 Å². The van der Waals surface area contributed by atoms with Gasteiger partial charge in [-0.1, -0.05) is 6.07 Å². The summed E-state index contributed by atoms with van der Waals surface area (Å²) in [7, 11) is 0. The van der Waals surface area contributed by atoms with Crippen LogP contribution in [0.1, 0.15) is 18.4 Å². The Labute approximate surface area is 110 Å². The Morgan fingerprint density at radius 3 is 3.05 bits per heavy atom. The molecule has 0 aliphatic carbocycles. The van der Waals surface area contributed by atoms with E-state index in [1.54, 1.807) is 12.1 Å². The van der Waals surface area contributed by atoms with Gasteiger partial charge in [0.1, 0.15) is 11.7 Å². The zero-order valence-electron chi connectivity index (χ0n) is 10.4. The predicted octanol–water partition coefficient (Wildman–Crippen LogP) is 1.45. The standard InChI is InChI=1S/C13H16FN3O2/c14-9-3-1-4-10(15-8-5-11(18)19)12(9)13-16-6-2-7-17-13/h1,3-4,15H,2,5-8H2,(H,16,17)(H,18,19). The molecule has 0 saturated heterocycles. The van der Waals surface area contributed by atoms with Crippen LogP contribution in [-0.2, 0) is 4.79 Å². The van der Waals surface area contributed by atoms with Crippen molar-refractivity contribution in [2.45, 2.75) is 12.8 Å². The largest absolute Gasteiger partial charge is 0.481 e. The van der Waals surface area contributed by atoms with E-state index in [2.05, 4.69) is 15.6 Å². The van der Waals surface area contributed by atoms with Crippen LogP contribution in [-0.4, -0.2) is 36.5 Å². The highest BCUT2D eigenvalue weighted by atomic mass is 19.1. The fourth-order valence-electron chi connectivity index (χ4n) is 1.92. The van der Waals surface area contributed by atoms with E-state index in [4.69, 9.17) is 5.11 Å². The van der Waals surface area contributed by atoms with E-state index in [1.165, 1.54) is 6.07 Å². The number of carbonyl (C=O) groups is 1. The molecule has 1 aliphatic rings. The van der Waals surface area contributed by atoms with Gasteiger partial charge in [0.05, 0.1) is 12.0 Å². The summed E-state index contributed by atoms with van der Waals surface area (Å²) in [6, 6.07) is 4.68. The minimum atomic E-state index is -0.890. The van der Waals surface area contributed by atoms with Crippen LogP contribution in [0.2, 0.25) is 0 Å². The summed E-state index contributed by atoms with van der Waals surface area (Å²) < 4.78 is 13.9. The predicted molar refractivity (Wildman–Crippen MR) is 71.2 cm³/mol. The van der Waals surface area contributed by atoms with Crippen molar-refractivity contribution in [2.75, 3.05) is 25.0 Å². The maximum absolute atomic E-state index is 13.9. The number of nitrogens with zero attached hydrogens (tertiary/aromatic N) is 1. The highest BCUT2D eigenvalue weighted by Crippen LogP contribution is 2.20. The summed E-state index contributed by atoms with van der Waals surface area (Å²) in [6.45, 7) is 1.69. The Morgan fingerprint density at radius 2 is 2.37 bits per heavy atom. The van der Waals surface area contributed by atoms with Gasteiger partial charge < -0.3 is 15.7 Å². The van der Waals surface area contributed by atoms with Crippen molar-refractivity contribution in [3.8, 4) is 0 Å². The number of nitrogens with one attached hydrogen (secondary N) is 2. The molecule has 1 aromatic rings. The van der Waals surface area contributed by atoms with Gasteiger partial charge in [0.25, 0.3) is 0 Å². The Kier molecular flexibility index (Phi) is 4.33. The molecule has 0 bridgehead atoms. The third-order valence-electron chi connectivity index (χ3n) is 2.80. The van der Waals surface area contributed by atoms with Crippen LogP contribution in [0.25, 0.3) is 0 Å². The second-order valence-corrected chi connectivity index (χ2v) is 4.24. The first kappa shape index (κ1) is 13.3. The number of benzene rings is 1.